The molecule has 2 aromatic carbocycles. The third-order valence-electron chi connectivity index (χ3n) is 2.90. The first-order valence-electron chi connectivity index (χ1n) is 6.12. The van der Waals surface area contributed by atoms with E-state index >= 15 is 0 Å². The summed E-state index contributed by atoms with van der Waals surface area (Å²) in [5, 5.41) is 9.81. The maximum absolute atomic E-state index is 9.06. The van der Waals surface area contributed by atoms with Crippen molar-refractivity contribution in [2.75, 3.05) is 7.11 Å². The third kappa shape index (κ3) is 3.31. The molecule has 20 heavy (non-hydrogen) atoms. The molecule has 0 fully saturated rings. The SMILES string of the molecule is COc1ccc(CBr)cc1OCc1ccccc1C#N. The van der Waals surface area contributed by atoms with Crippen LogP contribution in [0.15, 0.2) is 42.5 Å². The van der Waals surface area contributed by atoms with E-state index in [-0.39, 0.29) is 0 Å². The molecule has 0 unspecified atom stereocenters. The van der Waals surface area contributed by atoms with Crippen molar-refractivity contribution < 1.29 is 9.47 Å². The number of rotatable bonds is 5. The van der Waals surface area contributed by atoms with Crippen LogP contribution < -0.4 is 9.47 Å². The normalized spacial score (nSPS) is 9.85. The molecule has 0 amide bonds. The number of halogens is 1. The summed E-state index contributed by atoms with van der Waals surface area (Å²) < 4.78 is 11.1. The Morgan fingerprint density at radius 2 is 1.95 bits per heavy atom. The summed E-state index contributed by atoms with van der Waals surface area (Å²) in [4.78, 5) is 0. The van der Waals surface area contributed by atoms with E-state index in [1.54, 1.807) is 13.2 Å². The lowest BCUT2D eigenvalue weighted by atomic mass is 10.1. The number of nitriles is 1. The van der Waals surface area contributed by atoms with Gasteiger partial charge in [-0.2, -0.15) is 5.26 Å². The summed E-state index contributed by atoms with van der Waals surface area (Å²) in [6, 6.07) is 15.4. The molecule has 0 aliphatic heterocycles. The van der Waals surface area contributed by atoms with Crippen LogP contribution in [-0.4, -0.2) is 7.11 Å². The van der Waals surface area contributed by atoms with E-state index in [0.29, 0.717) is 23.7 Å². The van der Waals surface area contributed by atoms with Gasteiger partial charge in [0.15, 0.2) is 11.5 Å². The topological polar surface area (TPSA) is 42.2 Å². The fourth-order valence-corrected chi connectivity index (χ4v) is 2.18. The maximum Gasteiger partial charge on any atom is 0.161 e. The Morgan fingerprint density at radius 3 is 2.65 bits per heavy atom. The number of benzene rings is 2. The molecule has 0 radical (unpaired) electrons. The molecule has 3 nitrogen and oxygen atoms in total. The molecule has 0 atom stereocenters. The zero-order valence-corrected chi connectivity index (χ0v) is 12.7. The van der Waals surface area contributed by atoms with Crippen molar-refractivity contribution in [1.82, 2.24) is 0 Å². The van der Waals surface area contributed by atoms with Gasteiger partial charge in [0, 0.05) is 10.9 Å². The van der Waals surface area contributed by atoms with E-state index in [9.17, 15) is 0 Å². The van der Waals surface area contributed by atoms with Gasteiger partial charge in [-0.25, -0.2) is 0 Å². The van der Waals surface area contributed by atoms with Gasteiger partial charge >= 0.3 is 0 Å². The van der Waals surface area contributed by atoms with Crippen LogP contribution in [0.2, 0.25) is 0 Å². The first-order valence-corrected chi connectivity index (χ1v) is 7.24. The molecule has 0 aromatic heterocycles. The standard InChI is InChI=1S/C16H14BrNO2/c1-19-15-7-6-12(9-17)8-16(15)20-11-14-5-3-2-4-13(14)10-18/h2-8H,9,11H2,1H3. The molecule has 0 spiro atoms. The van der Waals surface area contributed by atoms with Crippen molar-refractivity contribution >= 4 is 15.9 Å². The van der Waals surface area contributed by atoms with Gasteiger partial charge in [-0.05, 0) is 23.8 Å². The highest BCUT2D eigenvalue weighted by Crippen LogP contribution is 2.29. The highest BCUT2D eigenvalue weighted by atomic mass is 79.9. The predicted octanol–water partition coefficient (Wildman–Crippen LogP) is 4.04. The molecule has 4 heteroatoms. The van der Waals surface area contributed by atoms with E-state index < -0.39 is 0 Å². The van der Waals surface area contributed by atoms with Crippen molar-refractivity contribution in [2.24, 2.45) is 0 Å². The molecule has 0 N–H and O–H groups in total. The Morgan fingerprint density at radius 1 is 1.15 bits per heavy atom. The Kier molecular flexibility index (Phi) is 5.03. The van der Waals surface area contributed by atoms with Crippen LogP contribution in [0.3, 0.4) is 0 Å². The second kappa shape index (κ2) is 6.97. The molecule has 0 saturated heterocycles. The average molecular weight is 332 g/mol. The molecule has 0 aliphatic carbocycles. The number of nitrogens with zero attached hydrogens (tertiary/aromatic N) is 1. The number of hydrogen-bond acceptors (Lipinski definition) is 3. The molecular weight excluding hydrogens is 318 g/mol. The minimum atomic E-state index is 0.339. The van der Waals surface area contributed by atoms with Gasteiger partial charge in [0.2, 0.25) is 0 Å². The Hall–Kier alpha value is -1.99. The fourth-order valence-electron chi connectivity index (χ4n) is 1.83. The number of alkyl halides is 1. The molecule has 0 saturated carbocycles. The number of methoxy groups -OCH3 is 1. The Bertz CT molecular complexity index is 635. The van der Waals surface area contributed by atoms with Crippen LogP contribution in [0.4, 0.5) is 0 Å². The van der Waals surface area contributed by atoms with Gasteiger partial charge in [0.05, 0.1) is 18.7 Å². The van der Waals surface area contributed by atoms with Crippen molar-refractivity contribution in [3.63, 3.8) is 0 Å². The van der Waals surface area contributed by atoms with E-state index in [1.165, 1.54) is 0 Å². The van der Waals surface area contributed by atoms with Crippen molar-refractivity contribution in [2.45, 2.75) is 11.9 Å². The number of hydrogen-bond donors (Lipinski definition) is 0. The summed E-state index contributed by atoms with van der Waals surface area (Å²) in [7, 11) is 1.61. The van der Waals surface area contributed by atoms with E-state index in [0.717, 1.165) is 16.5 Å². The Balaban J connectivity index is 2.20. The molecule has 0 aliphatic rings. The summed E-state index contributed by atoms with van der Waals surface area (Å²) >= 11 is 3.42. The lowest BCUT2D eigenvalue weighted by Crippen LogP contribution is -2.00. The minimum Gasteiger partial charge on any atom is -0.493 e. The first-order chi connectivity index (χ1) is 9.78. The minimum absolute atomic E-state index is 0.339. The third-order valence-corrected chi connectivity index (χ3v) is 3.55. The monoisotopic (exact) mass is 331 g/mol. The highest BCUT2D eigenvalue weighted by Gasteiger charge is 2.07. The van der Waals surface area contributed by atoms with Gasteiger partial charge in [-0.15, -0.1) is 0 Å². The zero-order chi connectivity index (χ0) is 14.4. The van der Waals surface area contributed by atoms with Crippen molar-refractivity contribution in [3.8, 4) is 17.6 Å². The molecule has 2 aromatic rings. The van der Waals surface area contributed by atoms with Crippen LogP contribution in [-0.2, 0) is 11.9 Å². The summed E-state index contributed by atoms with van der Waals surface area (Å²) in [6.07, 6.45) is 0. The Labute approximate surface area is 126 Å². The van der Waals surface area contributed by atoms with Gasteiger partial charge in [-0.1, -0.05) is 40.2 Å². The first kappa shape index (κ1) is 14.4. The van der Waals surface area contributed by atoms with Crippen LogP contribution in [0.5, 0.6) is 11.5 Å². The molecule has 0 bridgehead atoms. The van der Waals surface area contributed by atoms with Gasteiger partial charge in [0.1, 0.15) is 6.61 Å². The zero-order valence-electron chi connectivity index (χ0n) is 11.1. The van der Waals surface area contributed by atoms with Gasteiger partial charge in [0.25, 0.3) is 0 Å². The fraction of sp³-hybridized carbons (Fsp3) is 0.188. The average Bonchev–Trinajstić information content (AvgIpc) is 2.52. The van der Waals surface area contributed by atoms with Gasteiger partial charge in [-0.3, -0.25) is 0 Å². The van der Waals surface area contributed by atoms with E-state index in [2.05, 4.69) is 22.0 Å². The quantitative estimate of drug-likeness (QED) is 0.776. The summed E-state index contributed by atoms with van der Waals surface area (Å²) in [5.74, 6) is 1.36. The van der Waals surface area contributed by atoms with Crippen molar-refractivity contribution in [1.29, 1.82) is 5.26 Å². The van der Waals surface area contributed by atoms with E-state index in [1.807, 2.05) is 36.4 Å². The molecule has 102 valence electrons. The second-order valence-corrected chi connectivity index (χ2v) is 4.74. The molecule has 0 heterocycles. The van der Waals surface area contributed by atoms with Crippen LogP contribution in [0, 0.1) is 11.3 Å². The molecule has 2 rings (SSSR count). The number of ether oxygens (including phenoxy) is 2. The lowest BCUT2D eigenvalue weighted by Gasteiger charge is -2.12. The van der Waals surface area contributed by atoms with Gasteiger partial charge < -0.3 is 9.47 Å². The maximum atomic E-state index is 9.06. The summed E-state index contributed by atoms with van der Waals surface area (Å²) in [6.45, 7) is 0.339. The van der Waals surface area contributed by atoms with Crippen molar-refractivity contribution in [3.05, 3.63) is 59.2 Å². The highest BCUT2D eigenvalue weighted by molar-refractivity contribution is 9.08. The van der Waals surface area contributed by atoms with Crippen LogP contribution in [0.1, 0.15) is 16.7 Å². The summed E-state index contributed by atoms with van der Waals surface area (Å²) in [5.41, 5.74) is 2.60. The molecular formula is C16H14BrNO2. The largest absolute Gasteiger partial charge is 0.493 e. The smallest absolute Gasteiger partial charge is 0.161 e. The predicted molar refractivity (Wildman–Crippen MR) is 81.1 cm³/mol. The van der Waals surface area contributed by atoms with E-state index in [4.69, 9.17) is 14.7 Å². The second-order valence-electron chi connectivity index (χ2n) is 4.18. The van der Waals surface area contributed by atoms with Crippen LogP contribution >= 0.6 is 15.9 Å². The lowest BCUT2D eigenvalue weighted by molar-refractivity contribution is 0.284. The van der Waals surface area contributed by atoms with Crippen LogP contribution in [0.25, 0.3) is 0 Å².